The standard InChI is InChI=1S/C15H23ClN6/c1-2-3-6-13-19-12(14(16)20-13)9-22-7-4-5-11(8-22)15-17-10-18-21-15/h10-11H,2-9H2,1H3,(H,19,20)(H,17,18,21)/t11-/m1/s1. The molecule has 0 spiro atoms. The lowest BCUT2D eigenvalue weighted by Gasteiger charge is -2.31. The molecule has 2 aromatic rings. The van der Waals surface area contributed by atoms with Gasteiger partial charge >= 0.3 is 0 Å². The lowest BCUT2D eigenvalue weighted by Crippen LogP contribution is -2.34. The average Bonchev–Trinajstić information content (AvgIpc) is 3.16. The van der Waals surface area contributed by atoms with Crippen molar-refractivity contribution in [2.24, 2.45) is 0 Å². The Labute approximate surface area is 135 Å². The van der Waals surface area contributed by atoms with Crippen LogP contribution in [-0.4, -0.2) is 43.1 Å². The minimum atomic E-state index is 0.428. The third-order valence-corrected chi connectivity index (χ3v) is 4.56. The molecule has 0 aromatic carbocycles. The van der Waals surface area contributed by atoms with Crippen molar-refractivity contribution in [1.82, 2.24) is 30.0 Å². The van der Waals surface area contributed by atoms with Crippen molar-refractivity contribution < 1.29 is 0 Å². The molecule has 1 aliphatic heterocycles. The molecule has 0 bridgehead atoms. The van der Waals surface area contributed by atoms with E-state index in [-0.39, 0.29) is 0 Å². The molecule has 22 heavy (non-hydrogen) atoms. The molecule has 1 atom stereocenters. The number of hydrogen-bond acceptors (Lipinski definition) is 4. The van der Waals surface area contributed by atoms with Crippen molar-refractivity contribution >= 4 is 11.6 Å². The number of unbranched alkanes of at least 4 members (excludes halogenated alkanes) is 1. The Morgan fingerprint density at radius 1 is 1.45 bits per heavy atom. The molecule has 7 heteroatoms. The van der Waals surface area contributed by atoms with Crippen molar-refractivity contribution in [2.45, 2.75) is 51.5 Å². The van der Waals surface area contributed by atoms with Crippen LogP contribution in [0.4, 0.5) is 0 Å². The van der Waals surface area contributed by atoms with Crippen molar-refractivity contribution in [3.05, 3.63) is 28.8 Å². The zero-order valence-corrected chi connectivity index (χ0v) is 13.7. The summed E-state index contributed by atoms with van der Waals surface area (Å²) in [6.07, 6.45) is 7.18. The SMILES string of the molecule is CCCCc1nc(Cl)c(CN2CCC[C@@H](c3ncn[nH]3)C2)[nH]1. The predicted octanol–water partition coefficient (Wildman–Crippen LogP) is 2.90. The molecule has 1 saturated heterocycles. The highest BCUT2D eigenvalue weighted by Crippen LogP contribution is 2.26. The molecule has 1 aliphatic rings. The average molecular weight is 323 g/mol. The van der Waals surface area contributed by atoms with Gasteiger partial charge in [0.05, 0.1) is 5.69 Å². The number of aryl methyl sites for hydroxylation is 1. The van der Waals surface area contributed by atoms with E-state index in [9.17, 15) is 0 Å². The van der Waals surface area contributed by atoms with Crippen LogP contribution in [0.3, 0.4) is 0 Å². The zero-order chi connectivity index (χ0) is 15.4. The quantitative estimate of drug-likeness (QED) is 0.857. The van der Waals surface area contributed by atoms with E-state index < -0.39 is 0 Å². The fourth-order valence-corrected chi connectivity index (χ4v) is 3.27. The summed E-state index contributed by atoms with van der Waals surface area (Å²) in [5.41, 5.74) is 1.03. The van der Waals surface area contributed by atoms with Gasteiger partial charge in [-0.1, -0.05) is 24.9 Å². The highest BCUT2D eigenvalue weighted by atomic mass is 35.5. The minimum absolute atomic E-state index is 0.428. The van der Waals surface area contributed by atoms with Crippen LogP contribution < -0.4 is 0 Å². The summed E-state index contributed by atoms with van der Waals surface area (Å²) in [5.74, 6) is 2.42. The van der Waals surface area contributed by atoms with Crippen molar-refractivity contribution in [1.29, 1.82) is 0 Å². The van der Waals surface area contributed by atoms with E-state index in [1.807, 2.05) is 0 Å². The van der Waals surface area contributed by atoms with Gasteiger partial charge in [0.15, 0.2) is 5.15 Å². The highest BCUT2D eigenvalue weighted by Gasteiger charge is 2.24. The molecule has 1 fully saturated rings. The summed E-state index contributed by atoms with van der Waals surface area (Å²) in [7, 11) is 0. The number of H-pyrrole nitrogens is 2. The van der Waals surface area contributed by atoms with Crippen molar-refractivity contribution in [3.63, 3.8) is 0 Å². The molecule has 0 radical (unpaired) electrons. The molecule has 0 saturated carbocycles. The second kappa shape index (κ2) is 7.24. The van der Waals surface area contributed by atoms with Crippen LogP contribution in [0.5, 0.6) is 0 Å². The van der Waals surface area contributed by atoms with Crippen LogP contribution in [-0.2, 0) is 13.0 Å². The van der Waals surface area contributed by atoms with E-state index in [0.29, 0.717) is 11.1 Å². The Morgan fingerprint density at radius 2 is 2.36 bits per heavy atom. The maximum absolute atomic E-state index is 6.28. The first-order valence-corrected chi connectivity index (χ1v) is 8.45. The Morgan fingerprint density at radius 3 is 3.14 bits per heavy atom. The van der Waals surface area contributed by atoms with Gasteiger partial charge in [0.2, 0.25) is 0 Å². The van der Waals surface area contributed by atoms with Gasteiger partial charge in [0, 0.05) is 25.4 Å². The summed E-state index contributed by atoms with van der Waals surface area (Å²) in [6, 6.07) is 0. The number of imidazole rings is 1. The summed E-state index contributed by atoms with van der Waals surface area (Å²) in [4.78, 5) is 14.5. The van der Waals surface area contributed by atoms with Gasteiger partial charge in [-0.05, 0) is 25.8 Å². The molecule has 0 amide bonds. The minimum Gasteiger partial charge on any atom is -0.344 e. The Hall–Kier alpha value is -1.40. The van der Waals surface area contributed by atoms with E-state index in [1.165, 1.54) is 12.8 Å². The number of aromatic nitrogens is 5. The number of halogens is 1. The first-order valence-electron chi connectivity index (χ1n) is 8.07. The first kappa shape index (κ1) is 15.5. The molecular formula is C15H23ClN6. The Balaban J connectivity index is 1.61. The zero-order valence-electron chi connectivity index (χ0n) is 13.0. The maximum atomic E-state index is 6.28. The van der Waals surface area contributed by atoms with Crippen LogP contribution in [0.1, 0.15) is 55.9 Å². The lowest BCUT2D eigenvalue weighted by atomic mass is 9.97. The van der Waals surface area contributed by atoms with Crippen LogP contribution in [0, 0.1) is 0 Å². The smallest absolute Gasteiger partial charge is 0.151 e. The van der Waals surface area contributed by atoms with Crippen LogP contribution in [0.2, 0.25) is 5.15 Å². The molecule has 2 N–H and O–H groups in total. The molecule has 0 aliphatic carbocycles. The maximum Gasteiger partial charge on any atom is 0.151 e. The molecular weight excluding hydrogens is 300 g/mol. The molecule has 6 nitrogen and oxygen atoms in total. The molecule has 120 valence electrons. The van der Waals surface area contributed by atoms with Gasteiger partial charge in [-0.2, -0.15) is 5.10 Å². The molecule has 3 rings (SSSR count). The first-order chi connectivity index (χ1) is 10.8. The molecule has 2 aromatic heterocycles. The van der Waals surface area contributed by atoms with Crippen LogP contribution >= 0.6 is 11.6 Å². The second-order valence-corrected chi connectivity index (χ2v) is 6.36. The number of aromatic amines is 2. The van der Waals surface area contributed by atoms with E-state index in [2.05, 4.69) is 37.0 Å². The van der Waals surface area contributed by atoms with E-state index in [1.54, 1.807) is 6.33 Å². The fraction of sp³-hybridized carbons (Fsp3) is 0.667. The van der Waals surface area contributed by atoms with E-state index >= 15 is 0 Å². The molecule has 3 heterocycles. The number of hydrogen-bond donors (Lipinski definition) is 2. The summed E-state index contributed by atoms with van der Waals surface area (Å²) in [6.45, 7) is 5.07. The second-order valence-electron chi connectivity index (χ2n) is 6.00. The summed E-state index contributed by atoms with van der Waals surface area (Å²) < 4.78 is 0. The van der Waals surface area contributed by atoms with Crippen LogP contribution in [0.15, 0.2) is 6.33 Å². The van der Waals surface area contributed by atoms with Gasteiger partial charge in [-0.15, -0.1) is 0 Å². The van der Waals surface area contributed by atoms with Crippen LogP contribution in [0.25, 0.3) is 0 Å². The number of nitrogens with one attached hydrogen (secondary N) is 2. The number of piperidine rings is 1. The number of likely N-dealkylation sites (tertiary alicyclic amines) is 1. The van der Waals surface area contributed by atoms with Gasteiger partial charge < -0.3 is 4.98 Å². The number of rotatable bonds is 6. The van der Waals surface area contributed by atoms with Gasteiger partial charge in [-0.25, -0.2) is 9.97 Å². The van der Waals surface area contributed by atoms with E-state index in [4.69, 9.17) is 11.6 Å². The normalized spacial score (nSPS) is 19.6. The summed E-state index contributed by atoms with van der Waals surface area (Å²) >= 11 is 6.28. The number of nitrogens with zero attached hydrogens (tertiary/aromatic N) is 4. The van der Waals surface area contributed by atoms with Gasteiger partial charge in [0.25, 0.3) is 0 Å². The molecule has 0 unspecified atom stereocenters. The third-order valence-electron chi connectivity index (χ3n) is 4.25. The third kappa shape index (κ3) is 3.67. The van der Waals surface area contributed by atoms with Crippen molar-refractivity contribution in [3.8, 4) is 0 Å². The van der Waals surface area contributed by atoms with Gasteiger partial charge in [-0.3, -0.25) is 10.00 Å². The predicted molar refractivity (Wildman–Crippen MR) is 85.8 cm³/mol. The fourth-order valence-electron chi connectivity index (χ4n) is 3.06. The summed E-state index contributed by atoms with van der Waals surface area (Å²) in [5, 5.41) is 7.57. The highest BCUT2D eigenvalue weighted by molar-refractivity contribution is 6.30. The lowest BCUT2D eigenvalue weighted by molar-refractivity contribution is 0.195. The van der Waals surface area contributed by atoms with Gasteiger partial charge in [0.1, 0.15) is 18.0 Å². The topological polar surface area (TPSA) is 73.5 Å². The monoisotopic (exact) mass is 322 g/mol. The van der Waals surface area contributed by atoms with E-state index in [0.717, 1.165) is 56.2 Å². The Bertz CT molecular complexity index is 579. The Kier molecular flexibility index (Phi) is 5.10. The van der Waals surface area contributed by atoms with Crippen molar-refractivity contribution in [2.75, 3.05) is 13.1 Å². The largest absolute Gasteiger partial charge is 0.344 e.